The molecule has 0 saturated heterocycles. The Morgan fingerprint density at radius 3 is 2.85 bits per heavy atom. The number of aromatic nitrogens is 2. The monoisotopic (exact) mass is 363 g/mol. The smallest absolute Gasteiger partial charge is 0.345 e. The van der Waals surface area contributed by atoms with E-state index in [1.54, 1.807) is 0 Å². The molecule has 0 amide bonds. The minimum atomic E-state index is -0.400. The van der Waals surface area contributed by atoms with Crippen LogP contribution >= 0.6 is 0 Å². The molecule has 0 aliphatic heterocycles. The Bertz CT molecular complexity index is 1180. The van der Waals surface area contributed by atoms with Gasteiger partial charge in [0.25, 0.3) is 0 Å². The largest absolute Gasteiger partial charge is 0.422 e. The number of nitrogens with zero attached hydrogens (tertiary/aromatic N) is 3. The summed E-state index contributed by atoms with van der Waals surface area (Å²) in [5.74, 6) is 0. The van der Waals surface area contributed by atoms with Crippen molar-refractivity contribution in [2.45, 2.75) is 13.5 Å². The molecule has 0 aliphatic carbocycles. The van der Waals surface area contributed by atoms with Gasteiger partial charge in [-0.15, -0.1) is 0 Å². The first kappa shape index (κ1) is 17.5. The van der Waals surface area contributed by atoms with Gasteiger partial charge in [-0.25, -0.2) is 9.78 Å². The fourth-order valence-corrected chi connectivity index (χ4v) is 3.23. The Morgan fingerprint density at radius 1 is 1.19 bits per heavy atom. The summed E-state index contributed by atoms with van der Waals surface area (Å²) in [4.78, 5) is 19.1. The Kier molecular flexibility index (Phi) is 4.51. The number of aliphatic hydroxyl groups is 1. The van der Waals surface area contributed by atoms with Crippen molar-refractivity contribution in [2.75, 3.05) is 20.2 Å². The number of imidazole rings is 1. The molecule has 0 saturated carbocycles. The molecule has 6 heteroatoms. The molecule has 4 rings (SSSR count). The molecule has 0 spiro atoms. The van der Waals surface area contributed by atoms with Crippen LogP contribution in [-0.4, -0.2) is 39.6 Å². The zero-order chi connectivity index (χ0) is 19.0. The maximum Gasteiger partial charge on any atom is 0.345 e. The third-order valence-electron chi connectivity index (χ3n) is 4.61. The summed E-state index contributed by atoms with van der Waals surface area (Å²) in [7, 11) is 1.94. The number of rotatable bonds is 5. The van der Waals surface area contributed by atoms with Gasteiger partial charge in [0.2, 0.25) is 0 Å². The van der Waals surface area contributed by atoms with Crippen LogP contribution in [0.15, 0.2) is 58.0 Å². The van der Waals surface area contributed by atoms with E-state index in [2.05, 4.69) is 4.98 Å². The molecule has 0 unspecified atom stereocenters. The summed E-state index contributed by atoms with van der Waals surface area (Å²) >= 11 is 0. The lowest BCUT2D eigenvalue weighted by molar-refractivity contribution is 0.217. The quantitative estimate of drug-likeness (QED) is 0.552. The number of pyridine rings is 1. The van der Waals surface area contributed by atoms with Crippen LogP contribution in [0.5, 0.6) is 0 Å². The topological polar surface area (TPSA) is 71.0 Å². The summed E-state index contributed by atoms with van der Waals surface area (Å²) in [6, 6.07) is 11.6. The minimum Gasteiger partial charge on any atom is -0.422 e. The first-order chi connectivity index (χ1) is 13.0. The highest BCUT2D eigenvalue weighted by atomic mass is 16.4. The molecule has 3 heterocycles. The van der Waals surface area contributed by atoms with Crippen molar-refractivity contribution in [3.05, 3.63) is 70.3 Å². The van der Waals surface area contributed by atoms with Crippen molar-refractivity contribution in [3.8, 4) is 11.3 Å². The molecular formula is C21H21N3O3. The van der Waals surface area contributed by atoms with Crippen LogP contribution in [0.4, 0.5) is 0 Å². The molecule has 0 bridgehead atoms. The van der Waals surface area contributed by atoms with Crippen molar-refractivity contribution < 1.29 is 9.52 Å². The molecule has 1 N–H and O–H groups in total. The van der Waals surface area contributed by atoms with Crippen LogP contribution in [0, 0.1) is 6.92 Å². The first-order valence-corrected chi connectivity index (χ1v) is 8.85. The fraction of sp³-hybridized carbons (Fsp3) is 0.238. The zero-order valence-electron chi connectivity index (χ0n) is 15.3. The normalized spacial score (nSPS) is 11.7. The number of aryl methyl sites for hydroxylation is 1. The molecule has 1 aromatic carbocycles. The second-order valence-corrected chi connectivity index (χ2v) is 6.88. The van der Waals surface area contributed by atoms with Gasteiger partial charge < -0.3 is 13.9 Å². The lowest BCUT2D eigenvalue weighted by Crippen LogP contribution is -2.21. The second kappa shape index (κ2) is 6.98. The van der Waals surface area contributed by atoms with Gasteiger partial charge in [0.05, 0.1) is 17.9 Å². The molecule has 0 radical (unpaired) electrons. The highest BCUT2D eigenvalue weighted by Gasteiger charge is 2.12. The molecule has 138 valence electrons. The number of hydrogen-bond acceptors (Lipinski definition) is 5. The molecule has 4 aromatic rings. The van der Waals surface area contributed by atoms with Crippen molar-refractivity contribution in [1.29, 1.82) is 0 Å². The lowest BCUT2D eigenvalue weighted by Gasteiger charge is -2.15. The SMILES string of the molecule is Cc1ccc2nc(-c3cc4ccc(CN(C)CCO)cc4oc3=O)cn2c1. The van der Waals surface area contributed by atoms with E-state index in [0.29, 0.717) is 29.9 Å². The second-order valence-electron chi connectivity index (χ2n) is 6.88. The maximum absolute atomic E-state index is 12.6. The predicted molar refractivity (Wildman–Crippen MR) is 105 cm³/mol. The summed E-state index contributed by atoms with van der Waals surface area (Å²) in [5.41, 5.74) is 4.14. The van der Waals surface area contributed by atoms with E-state index in [1.165, 1.54) is 0 Å². The van der Waals surface area contributed by atoms with Gasteiger partial charge in [0.15, 0.2) is 0 Å². The summed E-state index contributed by atoms with van der Waals surface area (Å²) < 4.78 is 7.49. The maximum atomic E-state index is 12.6. The van der Waals surface area contributed by atoms with E-state index < -0.39 is 5.63 Å². The van der Waals surface area contributed by atoms with Crippen molar-refractivity contribution >= 4 is 16.6 Å². The standard InChI is InChI=1S/C21H21N3O3/c1-14-3-6-20-22-18(13-24(20)11-14)17-10-16-5-4-15(12-23(2)7-8-25)9-19(16)27-21(17)26/h3-6,9-11,13,25H,7-8,12H2,1-2H3. The van der Waals surface area contributed by atoms with Gasteiger partial charge in [-0.3, -0.25) is 4.90 Å². The average Bonchev–Trinajstić information content (AvgIpc) is 3.04. The van der Waals surface area contributed by atoms with Crippen LogP contribution in [0.2, 0.25) is 0 Å². The van der Waals surface area contributed by atoms with Crippen molar-refractivity contribution in [3.63, 3.8) is 0 Å². The van der Waals surface area contributed by atoms with E-state index in [1.807, 2.05) is 72.1 Å². The van der Waals surface area contributed by atoms with E-state index in [-0.39, 0.29) is 6.61 Å². The molecule has 0 aliphatic rings. The molecular weight excluding hydrogens is 342 g/mol. The highest BCUT2D eigenvalue weighted by Crippen LogP contribution is 2.22. The van der Waals surface area contributed by atoms with E-state index in [0.717, 1.165) is 22.2 Å². The molecule has 3 aromatic heterocycles. The van der Waals surface area contributed by atoms with Crippen molar-refractivity contribution in [1.82, 2.24) is 14.3 Å². The molecule has 27 heavy (non-hydrogen) atoms. The van der Waals surface area contributed by atoms with Crippen LogP contribution in [0.25, 0.3) is 27.9 Å². The average molecular weight is 363 g/mol. The summed E-state index contributed by atoms with van der Waals surface area (Å²) in [6.07, 6.45) is 3.82. The third-order valence-corrected chi connectivity index (χ3v) is 4.61. The van der Waals surface area contributed by atoms with Gasteiger partial charge in [-0.05, 0) is 43.3 Å². The number of fused-ring (bicyclic) bond motifs is 2. The van der Waals surface area contributed by atoms with Crippen LogP contribution in [0.1, 0.15) is 11.1 Å². The first-order valence-electron chi connectivity index (χ1n) is 8.85. The third kappa shape index (κ3) is 3.49. The number of aliphatic hydroxyl groups excluding tert-OH is 1. The van der Waals surface area contributed by atoms with E-state index in [9.17, 15) is 4.79 Å². The minimum absolute atomic E-state index is 0.112. The van der Waals surface area contributed by atoms with Gasteiger partial charge in [0, 0.05) is 30.9 Å². The van der Waals surface area contributed by atoms with Gasteiger partial charge in [0.1, 0.15) is 11.2 Å². The Hall–Kier alpha value is -2.96. The summed E-state index contributed by atoms with van der Waals surface area (Å²) in [5, 5.41) is 9.87. The van der Waals surface area contributed by atoms with Crippen molar-refractivity contribution in [2.24, 2.45) is 0 Å². The van der Waals surface area contributed by atoms with Crippen LogP contribution < -0.4 is 5.63 Å². The number of likely N-dealkylation sites (N-methyl/N-ethyl adjacent to an activating group) is 1. The van der Waals surface area contributed by atoms with E-state index >= 15 is 0 Å². The molecule has 0 fully saturated rings. The zero-order valence-corrected chi connectivity index (χ0v) is 15.3. The Morgan fingerprint density at radius 2 is 2.04 bits per heavy atom. The Labute approximate surface area is 156 Å². The lowest BCUT2D eigenvalue weighted by atomic mass is 10.1. The van der Waals surface area contributed by atoms with Crippen LogP contribution in [-0.2, 0) is 6.54 Å². The predicted octanol–water partition coefficient (Wildman–Crippen LogP) is 2.84. The fourth-order valence-electron chi connectivity index (χ4n) is 3.23. The Balaban J connectivity index is 1.73. The molecule has 6 nitrogen and oxygen atoms in total. The van der Waals surface area contributed by atoms with Gasteiger partial charge in [-0.2, -0.15) is 0 Å². The number of hydrogen-bond donors (Lipinski definition) is 1. The van der Waals surface area contributed by atoms with E-state index in [4.69, 9.17) is 9.52 Å². The van der Waals surface area contributed by atoms with Gasteiger partial charge >= 0.3 is 5.63 Å². The van der Waals surface area contributed by atoms with Gasteiger partial charge in [-0.1, -0.05) is 18.2 Å². The highest BCUT2D eigenvalue weighted by molar-refractivity contribution is 5.81. The molecule has 0 atom stereocenters. The van der Waals surface area contributed by atoms with Crippen LogP contribution in [0.3, 0.4) is 0 Å². The number of benzene rings is 1. The summed E-state index contributed by atoms with van der Waals surface area (Å²) in [6.45, 7) is 3.39.